The Morgan fingerprint density at radius 3 is 2.65 bits per heavy atom. The molecule has 0 N–H and O–H groups in total. The smallest absolute Gasteiger partial charge is 0.295 e. The van der Waals surface area contributed by atoms with Crippen molar-refractivity contribution in [3.63, 3.8) is 0 Å². The highest BCUT2D eigenvalue weighted by Crippen LogP contribution is 2.32. The van der Waals surface area contributed by atoms with Crippen LogP contribution in [0.1, 0.15) is 11.1 Å². The van der Waals surface area contributed by atoms with E-state index in [1.54, 1.807) is 0 Å². The third-order valence-electron chi connectivity index (χ3n) is 3.77. The number of hydrogen-bond donors (Lipinski definition) is 0. The van der Waals surface area contributed by atoms with Crippen molar-refractivity contribution in [3.8, 4) is 5.75 Å². The fraction of sp³-hybridized carbons (Fsp3) is 0.167. The number of carbonyl (C=O) groups is 1. The average Bonchev–Trinajstić information content (AvgIpc) is 2.96. The van der Waals surface area contributed by atoms with Gasteiger partial charge in [-0.2, -0.15) is 4.99 Å². The molecule has 5 heteroatoms. The van der Waals surface area contributed by atoms with Gasteiger partial charge in [-0.15, -0.1) is 0 Å². The molecule has 23 heavy (non-hydrogen) atoms. The number of aryl methyl sites for hydroxylation is 1. The predicted octanol–water partition coefficient (Wildman–Crippen LogP) is 3.11. The van der Waals surface area contributed by atoms with Crippen LogP contribution in [0.5, 0.6) is 5.75 Å². The number of amides is 1. The molecule has 0 saturated heterocycles. The van der Waals surface area contributed by atoms with Crippen LogP contribution in [-0.2, 0) is 11.2 Å². The molecular formula is C18H14N2O2S. The van der Waals surface area contributed by atoms with Gasteiger partial charge in [0.1, 0.15) is 11.5 Å². The standard InChI is InChI=1S/C18H14N2O2S/c21-17-16-15(13-8-4-5-9-14(13)22-16)19-18(20-17)23-11-10-12-6-2-1-3-7-12/h1-9,16H,10-11H2. The number of ether oxygens (including phenoxy) is 1. The predicted molar refractivity (Wildman–Crippen MR) is 92.4 cm³/mol. The Morgan fingerprint density at radius 2 is 1.78 bits per heavy atom. The number of hydrogen-bond acceptors (Lipinski definition) is 4. The summed E-state index contributed by atoms with van der Waals surface area (Å²) in [5, 5.41) is 0.525. The van der Waals surface area contributed by atoms with E-state index in [1.165, 1.54) is 17.3 Å². The Hall–Kier alpha value is -2.40. The van der Waals surface area contributed by atoms with E-state index in [2.05, 4.69) is 22.1 Å². The first-order chi connectivity index (χ1) is 11.3. The van der Waals surface area contributed by atoms with E-state index in [9.17, 15) is 4.79 Å². The van der Waals surface area contributed by atoms with Gasteiger partial charge in [0.25, 0.3) is 5.91 Å². The molecule has 4 rings (SSSR count). The van der Waals surface area contributed by atoms with Crippen LogP contribution in [0.4, 0.5) is 0 Å². The molecule has 114 valence electrons. The zero-order chi connectivity index (χ0) is 15.6. The van der Waals surface area contributed by atoms with Crippen LogP contribution in [-0.4, -0.2) is 28.6 Å². The van der Waals surface area contributed by atoms with E-state index < -0.39 is 6.10 Å². The van der Waals surface area contributed by atoms with E-state index in [0.717, 1.165) is 17.7 Å². The van der Waals surface area contributed by atoms with Crippen molar-refractivity contribution in [2.24, 2.45) is 9.98 Å². The summed E-state index contributed by atoms with van der Waals surface area (Å²) in [4.78, 5) is 20.8. The van der Waals surface area contributed by atoms with Crippen LogP contribution in [0, 0.1) is 0 Å². The fourth-order valence-electron chi connectivity index (χ4n) is 2.64. The second-order valence-corrected chi connectivity index (χ2v) is 6.37. The number of carbonyl (C=O) groups excluding carboxylic acids is 1. The summed E-state index contributed by atoms with van der Waals surface area (Å²) in [6, 6.07) is 17.8. The highest BCUT2D eigenvalue weighted by Gasteiger charge is 2.38. The number of rotatable bonds is 3. The number of nitrogens with zero attached hydrogens (tertiary/aromatic N) is 2. The Balaban J connectivity index is 1.49. The molecule has 1 amide bonds. The molecular weight excluding hydrogens is 308 g/mol. The molecule has 0 aromatic heterocycles. The van der Waals surface area contributed by atoms with Gasteiger partial charge >= 0.3 is 0 Å². The van der Waals surface area contributed by atoms with Crippen LogP contribution in [0.25, 0.3) is 0 Å². The van der Waals surface area contributed by atoms with E-state index in [-0.39, 0.29) is 5.91 Å². The molecule has 1 unspecified atom stereocenters. The zero-order valence-corrected chi connectivity index (χ0v) is 13.1. The first kappa shape index (κ1) is 14.2. The largest absolute Gasteiger partial charge is 0.473 e. The Kier molecular flexibility index (Phi) is 3.71. The van der Waals surface area contributed by atoms with Gasteiger partial charge in [0.15, 0.2) is 5.17 Å². The number of benzene rings is 2. The molecule has 0 fully saturated rings. The lowest BCUT2D eigenvalue weighted by Crippen LogP contribution is -2.34. The number of thioether (sulfide) groups is 1. The molecule has 0 aliphatic carbocycles. The molecule has 4 nitrogen and oxygen atoms in total. The van der Waals surface area contributed by atoms with Crippen LogP contribution in [0.3, 0.4) is 0 Å². The van der Waals surface area contributed by atoms with Gasteiger partial charge in [-0.1, -0.05) is 54.2 Å². The third kappa shape index (κ3) is 2.80. The minimum absolute atomic E-state index is 0.270. The Labute approximate surface area is 138 Å². The second-order valence-electron chi connectivity index (χ2n) is 5.31. The number of fused-ring (bicyclic) bond motifs is 3. The SMILES string of the molecule is O=C1N=C(SCCc2ccccc2)N=C2c3ccccc3OC12. The van der Waals surface area contributed by atoms with E-state index in [1.807, 2.05) is 42.5 Å². The highest BCUT2D eigenvalue weighted by molar-refractivity contribution is 8.13. The minimum Gasteiger partial charge on any atom is -0.473 e. The lowest BCUT2D eigenvalue weighted by molar-refractivity contribution is -0.121. The number of para-hydroxylation sites is 1. The molecule has 2 aromatic carbocycles. The lowest BCUT2D eigenvalue weighted by Gasteiger charge is -2.13. The van der Waals surface area contributed by atoms with E-state index >= 15 is 0 Å². The summed E-state index contributed by atoms with van der Waals surface area (Å²) >= 11 is 1.51. The van der Waals surface area contributed by atoms with Gasteiger partial charge in [0.2, 0.25) is 6.10 Å². The van der Waals surface area contributed by atoms with Gasteiger partial charge in [0.05, 0.1) is 0 Å². The van der Waals surface area contributed by atoms with Gasteiger partial charge < -0.3 is 4.74 Å². The van der Waals surface area contributed by atoms with Crippen LogP contribution < -0.4 is 4.74 Å². The van der Waals surface area contributed by atoms with Crippen molar-refractivity contribution < 1.29 is 9.53 Å². The van der Waals surface area contributed by atoms with E-state index in [4.69, 9.17) is 4.74 Å². The fourth-order valence-corrected chi connectivity index (χ4v) is 3.48. The molecule has 0 spiro atoms. The van der Waals surface area contributed by atoms with Crippen molar-refractivity contribution in [3.05, 3.63) is 65.7 Å². The Morgan fingerprint density at radius 1 is 1.00 bits per heavy atom. The highest BCUT2D eigenvalue weighted by atomic mass is 32.2. The maximum Gasteiger partial charge on any atom is 0.295 e. The molecule has 2 aliphatic heterocycles. The second kappa shape index (κ2) is 6.01. The maximum atomic E-state index is 12.2. The van der Waals surface area contributed by atoms with Crippen molar-refractivity contribution >= 4 is 28.5 Å². The molecule has 2 aliphatic rings. The third-order valence-corrected chi connectivity index (χ3v) is 4.62. The summed E-state index contributed by atoms with van der Waals surface area (Å²) in [5.41, 5.74) is 2.84. The summed E-state index contributed by atoms with van der Waals surface area (Å²) in [6.07, 6.45) is 0.242. The average molecular weight is 322 g/mol. The summed E-state index contributed by atoms with van der Waals surface area (Å²) < 4.78 is 5.65. The monoisotopic (exact) mass is 322 g/mol. The van der Waals surface area contributed by atoms with Crippen molar-refractivity contribution in [2.45, 2.75) is 12.5 Å². The van der Waals surface area contributed by atoms with Gasteiger partial charge in [-0.25, -0.2) is 4.99 Å². The van der Waals surface area contributed by atoms with Crippen molar-refractivity contribution in [1.29, 1.82) is 0 Å². The number of amidine groups is 1. The molecule has 1 atom stereocenters. The molecule has 0 bridgehead atoms. The van der Waals surface area contributed by atoms with Crippen molar-refractivity contribution in [2.75, 3.05) is 5.75 Å². The van der Waals surface area contributed by atoms with Gasteiger partial charge in [-0.05, 0) is 24.1 Å². The van der Waals surface area contributed by atoms with E-state index in [0.29, 0.717) is 16.6 Å². The topological polar surface area (TPSA) is 51.0 Å². The van der Waals surface area contributed by atoms with Crippen LogP contribution >= 0.6 is 11.8 Å². The lowest BCUT2D eigenvalue weighted by atomic mass is 10.1. The molecule has 2 aromatic rings. The van der Waals surface area contributed by atoms with Crippen LogP contribution in [0.15, 0.2) is 64.6 Å². The molecule has 2 heterocycles. The number of aliphatic imine (C=N–C) groups is 2. The zero-order valence-electron chi connectivity index (χ0n) is 12.3. The molecule has 0 radical (unpaired) electrons. The van der Waals surface area contributed by atoms with Crippen molar-refractivity contribution in [1.82, 2.24) is 0 Å². The maximum absolute atomic E-state index is 12.2. The summed E-state index contributed by atoms with van der Waals surface area (Å²) in [6.45, 7) is 0. The molecule has 0 saturated carbocycles. The summed E-state index contributed by atoms with van der Waals surface area (Å²) in [5.74, 6) is 1.27. The van der Waals surface area contributed by atoms with Crippen LogP contribution in [0.2, 0.25) is 0 Å². The first-order valence-corrected chi connectivity index (χ1v) is 8.44. The Bertz CT molecular complexity index is 815. The quantitative estimate of drug-likeness (QED) is 0.872. The first-order valence-electron chi connectivity index (χ1n) is 7.45. The summed E-state index contributed by atoms with van der Waals surface area (Å²) in [7, 11) is 0. The van der Waals surface area contributed by atoms with Gasteiger partial charge in [0, 0.05) is 11.3 Å². The normalized spacial score (nSPS) is 18.6. The minimum atomic E-state index is -0.675. The van der Waals surface area contributed by atoms with Gasteiger partial charge in [-0.3, -0.25) is 4.79 Å².